The Bertz CT molecular complexity index is 667. The zero-order valence-electron chi connectivity index (χ0n) is 13.7. The number of benzene rings is 2. The number of carbonyl (C=O) groups excluding carboxylic acids is 1. The lowest BCUT2D eigenvalue weighted by Gasteiger charge is -2.12. The van der Waals surface area contributed by atoms with Crippen LogP contribution in [0.25, 0.3) is 0 Å². The Hall–Kier alpha value is -2.33. The zero-order chi connectivity index (χ0) is 16.7. The van der Waals surface area contributed by atoms with Gasteiger partial charge in [-0.2, -0.15) is 0 Å². The van der Waals surface area contributed by atoms with Crippen LogP contribution in [0.1, 0.15) is 30.0 Å². The summed E-state index contributed by atoms with van der Waals surface area (Å²) < 4.78 is 10.6. The van der Waals surface area contributed by atoms with E-state index in [0.29, 0.717) is 19.4 Å². The van der Waals surface area contributed by atoms with Gasteiger partial charge < -0.3 is 15.2 Å². The molecule has 0 aromatic heterocycles. The average Bonchev–Trinajstić information content (AvgIpc) is 2.60. The van der Waals surface area contributed by atoms with Crippen LogP contribution >= 0.6 is 0 Å². The first kappa shape index (κ1) is 17.0. The van der Waals surface area contributed by atoms with E-state index >= 15 is 0 Å². The molecule has 2 aromatic carbocycles. The van der Waals surface area contributed by atoms with Gasteiger partial charge >= 0.3 is 5.97 Å². The highest BCUT2D eigenvalue weighted by Gasteiger charge is 2.07. The molecule has 0 saturated heterocycles. The average molecular weight is 313 g/mol. The van der Waals surface area contributed by atoms with Gasteiger partial charge in [-0.05, 0) is 53.8 Å². The summed E-state index contributed by atoms with van der Waals surface area (Å²) in [5, 5.41) is 0. The van der Waals surface area contributed by atoms with Crippen LogP contribution in [-0.2, 0) is 28.9 Å². The second kappa shape index (κ2) is 8.34. The highest BCUT2D eigenvalue weighted by atomic mass is 16.5. The van der Waals surface area contributed by atoms with Crippen molar-refractivity contribution in [3.8, 4) is 11.5 Å². The van der Waals surface area contributed by atoms with E-state index in [0.717, 1.165) is 29.0 Å². The number of hydrogen-bond acceptors (Lipinski definition) is 4. The van der Waals surface area contributed by atoms with Crippen molar-refractivity contribution in [3.05, 3.63) is 59.2 Å². The van der Waals surface area contributed by atoms with Crippen molar-refractivity contribution >= 4 is 5.97 Å². The van der Waals surface area contributed by atoms with E-state index in [1.165, 1.54) is 12.7 Å². The van der Waals surface area contributed by atoms with Gasteiger partial charge in [0.15, 0.2) is 0 Å². The first-order valence-electron chi connectivity index (χ1n) is 7.81. The van der Waals surface area contributed by atoms with Crippen LogP contribution < -0.4 is 10.5 Å². The van der Waals surface area contributed by atoms with Crippen LogP contribution in [0.4, 0.5) is 0 Å². The minimum absolute atomic E-state index is 0.189. The molecule has 0 aliphatic rings. The zero-order valence-corrected chi connectivity index (χ0v) is 13.7. The normalized spacial score (nSPS) is 10.4. The molecular weight excluding hydrogens is 290 g/mol. The van der Waals surface area contributed by atoms with Crippen molar-refractivity contribution in [2.24, 2.45) is 5.73 Å². The first-order valence-corrected chi connectivity index (χ1v) is 7.81. The Morgan fingerprint density at radius 3 is 2.57 bits per heavy atom. The molecule has 0 amide bonds. The van der Waals surface area contributed by atoms with Crippen LogP contribution in [0.3, 0.4) is 0 Å². The van der Waals surface area contributed by atoms with Crippen molar-refractivity contribution in [3.63, 3.8) is 0 Å². The number of carbonyl (C=O) groups is 1. The monoisotopic (exact) mass is 313 g/mol. The lowest BCUT2D eigenvalue weighted by molar-refractivity contribution is -0.140. The predicted molar refractivity (Wildman–Crippen MR) is 90.6 cm³/mol. The van der Waals surface area contributed by atoms with Crippen LogP contribution in [0.5, 0.6) is 11.5 Å². The smallest absolute Gasteiger partial charge is 0.305 e. The summed E-state index contributed by atoms with van der Waals surface area (Å²) in [7, 11) is 1.41. The maximum Gasteiger partial charge on any atom is 0.305 e. The summed E-state index contributed by atoms with van der Waals surface area (Å²) in [6, 6.07) is 13.7. The molecule has 0 heterocycles. The highest BCUT2D eigenvalue weighted by Crippen LogP contribution is 2.25. The Kier molecular flexibility index (Phi) is 6.18. The van der Waals surface area contributed by atoms with E-state index < -0.39 is 0 Å². The maximum atomic E-state index is 11.3. The molecule has 0 aliphatic carbocycles. The van der Waals surface area contributed by atoms with Crippen LogP contribution in [0.2, 0.25) is 0 Å². The van der Waals surface area contributed by atoms with Gasteiger partial charge in [-0.3, -0.25) is 4.79 Å². The van der Waals surface area contributed by atoms with Gasteiger partial charge in [-0.15, -0.1) is 0 Å². The SMILES string of the molecule is CCc1cc(Oc2cccc(CN)c2)ccc1CCC(=O)OC. The summed E-state index contributed by atoms with van der Waals surface area (Å²) in [4.78, 5) is 11.3. The Morgan fingerprint density at radius 1 is 1.09 bits per heavy atom. The summed E-state index contributed by atoms with van der Waals surface area (Å²) in [6.45, 7) is 2.58. The molecule has 2 rings (SSSR count). The quantitative estimate of drug-likeness (QED) is 0.793. The van der Waals surface area contributed by atoms with E-state index in [1.807, 2.05) is 42.5 Å². The van der Waals surface area contributed by atoms with Gasteiger partial charge in [0.05, 0.1) is 7.11 Å². The van der Waals surface area contributed by atoms with Gasteiger partial charge in [-0.1, -0.05) is 25.1 Å². The molecule has 0 spiro atoms. The van der Waals surface area contributed by atoms with E-state index in [2.05, 4.69) is 6.92 Å². The highest BCUT2D eigenvalue weighted by molar-refractivity contribution is 5.69. The number of esters is 1. The Morgan fingerprint density at radius 2 is 1.87 bits per heavy atom. The van der Waals surface area contributed by atoms with Crippen molar-refractivity contribution in [1.29, 1.82) is 0 Å². The topological polar surface area (TPSA) is 61.5 Å². The predicted octanol–water partition coefficient (Wildman–Crippen LogP) is 3.61. The van der Waals surface area contributed by atoms with Crippen LogP contribution in [0.15, 0.2) is 42.5 Å². The molecule has 23 heavy (non-hydrogen) atoms. The van der Waals surface area contributed by atoms with Gasteiger partial charge in [0.25, 0.3) is 0 Å². The number of nitrogens with two attached hydrogens (primary N) is 1. The van der Waals surface area contributed by atoms with Crippen molar-refractivity contribution < 1.29 is 14.3 Å². The molecule has 122 valence electrons. The van der Waals surface area contributed by atoms with Crippen molar-refractivity contribution in [2.45, 2.75) is 32.7 Å². The minimum Gasteiger partial charge on any atom is -0.469 e. The molecule has 0 radical (unpaired) electrons. The fraction of sp³-hybridized carbons (Fsp3) is 0.316. The Balaban J connectivity index is 2.12. The fourth-order valence-electron chi connectivity index (χ4n) is 2.45. The van der Waals surface area contributed by atoms with Gasteiger partial charge in [0.1, 0.15) is 11.5 Å². The molecule has 0 bridgehead atoms. The third kappa shape index (κ3) is 4.83. The molecule has 0 saturated carbocycles. The number of aryl methyl sites for hydroxylation is 2. The standard InChI is InChI=1S/C19H23NO3/c1-3-15-12-18(9-7-16(15)8-10-19(21)22-2)23-17-6-4-5-14(11-17)13-20/h4-7,9,11-12H,3,8,10,13,20H2,1-2H3. The van der Waals surface area contributed by atoms with E-state index in [9.17, 15) is 4.79 Å². The molecule has 4 heteroatoms. The summed E-state index contributed by atoms with van der Waals surface area (Å²) in [6.07, 6.45) is 1.96. The summed E-state index contributed by atoms with van der Waals surface area (Å²) >= 11 is 0. The molecule has 0 aliphatic heterocycles. The number of rotatable bonds is 7. The second-order valence-electron chi connectivity index (χ2n) is 5.31. The van der Waals surface area contributed by atoms with Crippen molar-refractivity contribution in [2.75, 3.05) is 7.11 Å². The summed E-state index contributed by atoms with van der Waals surface area (Å²) in [5.74, 6) is 1.38. The minimum atomic E-state index is -0.189. The molecule has 0 fully saturated rings. The van der Waals surface area contributed by atoms with Gasteiger partial charge in [-0.25, -0.2) is 0 Å². The lowest BCUT2D eigenvalue weighted by Crippen LogP contribution is -2.03. The fourth-order valence-corrected chi connectivity index (χ4v) is 2.45. The molecule has 2 aromatic rings. The first-order chi connectivity index (χ1) is 11.2. The van der Waals surface area contributed by atoms with Gasteiger partial charge in [0.2, 0.25) is 0 Å². The van der Waals surface area contributed by atoms with Crippen LogP contribution in [0, 0.1) is 0 Å². The molecule has 4 nitrogen and oxygen atoms in total. The number of methoxy groups -OCH3 is 1. The molecule has 0 atom stereocenters. The summed E-state index contributed by atoms with van der Waals surface area (Å²) in [5.41, 5.74) is 9.02. The number of hydrogen-bond donors (Lipinski definition) is 1. The van der Waals surface area contributed by atoms with Crippen LogP contribution in [-0.4, -0.2) is 13.1 Å². The molecular formula is C19H23NO3. The number of ether oxygens (including phenoxy) is 2. The van der Waals surface area contributed by atoms with E-state index in [-0.39, 0.29) is 5.97 Å². The molecule has 0 unspecified atom stereocenters. The lowest BCUT2D eigenvalue weighted by atomic mass is 10.0. The maximum absolute atomic E-state index is 11.3. The van der Waals surface area contributed by atoms with Gasteiger partial charge in [0, 0.05) is 13.0 Å². The molecule has 2 N–H and O–H groups in total. The third-order valence-corrected chi connectivity index (χ3v) is 3.75. The Labute approximate surface area is 137 Å². The van der Waals surface area contributed by atoms with E-state index in [1.54, 1.807) is 0 Å². The largest absolute Gasteiger partial charge is 0.469 e. The van der Waals surface area contributed by atoms with E-state index in [4.69, 9.17) is 15.2 Å². The second-order valence-corrected chi connectivity index (χ2v) is 5.31. The third-order valence-electron chi connectivity index (χ3n) is 3.75. The van der Waals surface area contributed by atoms with Crippen molar-refractivity contribution in [1.82, 2.24) is 0 Å².